The number of amides is 1. The number of benzene rings is 2. The summed E-state index contributed by atoms with van der Waals surface area (Å²) in [5.74, 6) is 0.544. The minimum absolute atomic E-state index is 0.113. The summed E-state index contributed by atoms with van der Waals surface area (Å²) in [5.41, 5.74) is 9.58. The standard InChI is InChI=1S/C22H21N5O2S.C2H4O2/c1-12-22(28)26-25-21-10-29-19-8-15(13-5-6-20-17(7-13)23-11-30-20)16(9-18(19)27(12)21)24-14-3-2-4-14;1-2(3)4/h5-9,11-12,14,24H,2-4,10H2,1H3,(H,26,28);1H3,(H,3,4). The molecule has 6 rings (SSSR count). The molecule has 10 heteroatoms. The third-order valence-electron chi connectivity index (χ3n) is 6.16. The number of carboxylic acid groups (broad SMARTS) is 1. The number of hydrazone groups is 1. The van der Waals surface area contributed by atoms with Crippen molar-refractivity contribution in [2.24, 2.45) is 5.10 Å². The number of aromatic nitrogens is 1. The Morgan fingerprint density at radius 3 is 2.82 bits per heavy atom. The lowest BCUT2D eigenvalue weighted by molar-refractivity contribution is -0.134. The van der Waals surface area contributed by atoms with E-state index in [1.54, 1.807) is 11.3 Å². The Bertz CT molecular complexity index is 1300. The molecule has 1 saturated carbocycles. The van der Waals surface area contributed by atoms with Crippen molar-refractivity contribution in [2.75, 3.05) is 16.8 Å². The Morgan fingerprint density at radius 2 is 2.09 bits per heavy atom. The van der Waals surface area contributed by atoms with Gasteiger partial charge in [0.2, 0.25) is 0 Å². The first-order valence-electron chi connectivity index (χ1n) is 11.2. The highest BCUT2D eigenvalue weighted by Crippen LogP contribution is 2.44. The number of hydrogen-bond donors (Lipinski definition) is 3. The van der Waals surface area contributed by atoms with Gasteiger partial charge in [-0.3, -0.25) is 9.59 Å². The van der Waals surface area contributed by atoms with Crippen molar-refractivity contribution in [3.8, 4) is 16.9 Å². The largest absolute Gasteiger partial charge is 0.483 e. The van der Waals surface area contributed by atoms with Gasteiger partial charge in [-0.2, -0.15) is 5.10 Å². The van der Waals surface area contributed by atoms with Crippen LogP contribution in [0.5, 0.6) is 5.75 Å². The molecule has 0 radical (unpaired) electrons. The number of nitrogens with one attached hydrogen (secondary N) is 2. The first kappa shape index (κ1) is 22.1. The second-order valence-corrected chi connectivity index (χ2v) is 9.42. The number of amidine groups is 1. The van der Waals surface area contributed by atoms with E-state index in [1.165, 1.54) is 24.0 Å². The van der Waals surface area contributed by atoms with Gasteiger partial charge in [0, 0.05) is 24.2 Å². The maximum Gasteiger partial charge on any atom is 0.300 e. The number of aliphatic carboxylic acids is 1. The van der Waals surface area contributed by atoms with Gasteiger partial charge in [-0.25, -0.2) is 10.4 Å². The topological polar surface area (TPSA) is 116 Å². The average Bonchev–Trinajstić information content (AvgIpc) is 3.25. The Balaban J connectivity index is 0.000000560. The molecule has 3 aromatic rings. The lowest BCUT2D eigenvalue weighted by Gasteiger charge is -2.39. The molecule has 1 unspecified atom stereocenters. The number of fused-ring (bicyclic) bond motifs is 4. The number of ether oxygens (including phenoxy) is 1. The van der Waals surface area contributed by atoms with E-state index in [9.17, 15) is 4.79 Å². The highest BCUT2D eigenvalue weighted by molar-refractivity contribution is 7.16. The monoisotopic (exact) mass is 479 g/mol. The fourth-order valence-electron chi connectivity index (χ4n) is 4.23. The van der Waals surface area contributed by atoms with Crippen molar-refractivity contribution < 1.29 is 19.4 Å². The van der Waals surface area contributed by atoms with Gasteiger partial charge in [0.05, 0.1) is 21.4 Å². The highest BCUT2D eigenvalue weighted by Gasteiger charge is 2.36. The fraction of sp³-hybridized carbons (Fsp3) is 0.333. The third kappa shape index (κ3) is 4.16. The maximum atomic E-state index is 12.2. The molecule has 0 saturated heterocycles. The molecule has 2 aliphatic heterocycles. The maximum absolute atomic E-state index is 12.2. The predicted octanol–water partition coefficient (Wildman–Crippen LogP) is 4.05. The minimum atomic E-state index is -0.833. The van der Waals surface area contributed by atoms with Gasteiger partial charge < -0.3 is 20.1 Å². The number of carboxylic acids is 1. The Labute approximate surface area is 200 Å². The van der Waals surface area contributed by atoms with Crippen LogP contribution in [-0.2, 0) is 9.59 Å². The summed E-state index contributed by atoms with van der Waals surface area (Å²) in [6.07, 6.45) is 3.60. The number of nitrogens with zero attached hydrogens (tertiary/aromatic N) is 3. The minimum Gasteiger partial charge on any atom is -0.483 e. The summed E-state index contributed by atoms with van der Waals surface area (Å²) in [4.78, 5) is 27.7. The van der Waals surface area contributed by atoms with Crippen LogP contribution < -0.4 is 20.4 Å². The summed E-state index contributed by atoms with van der Waals surface area (Å²) in [7, 11) is 0. The van der Waals surface area contributed by atoms with Crippen molar-refractivity contribution in [2.45, 2.75) is 45.2 Å². The van der Waals surface area contributed by atoms with Crippen LogP contribution in [0, 0.1) is 0 Å². The van der Waals surface area contributed by atoms with E-state index in [1.807, 2.05) is 17.3 Å². The van der Waals surface area contributed by atoms with E-state index >= 15 is 0 Å². The second-order valence-electron chi connectivity index (χ2n) is 8.53. The number of thiazole rings is 1. The van der Waals surface area contributed by atoms with Crippen molar-refractivity contribution in [1.29, 1.82) is 0 Å². The van der Waals surface area contributed by atoms with Crippen LogP contribution in [0.2, 0.25) is 0 Å². The first-order chi connectivity index (χ1) is 16.4. The summed E-state index contributed by atoms with van der Waals surface area (Å²) in [6, 6.07) is 10.7. The summed E-state index contributed by atoms with van der Waals surface area (Å²) in [6.45, 7) is 3.31. The van der Waals surface area contributed by atoms with Gasteiger partial charge in [-0.15, -0.1) is 11.3 Å². The average molecular weight is 480 g/mol. The van der Waals surface area contributed by atoms with E-state index < -0.39 is 5.97 Å². The van der Waals surface area contributed by atoms with Gasteiger partial charge in [0.1, 0.15) is 18.4 Å². The van der Waals surface area contributed by atoms with Gasteiger partial charge in [0.15, 0.2) is 5.84 Å². The van der Waals surface area contributed by atoms with Gasteiger partial charge in [0.25, 0.3) is 11.9 Å². The smallest absolute Gasteiger partial charge is 0.300 e. The molecule has 3 aliphatic rings. The van der Waals surface area contributed by atoms with E-state index in [-0.39, 0.29) is 11.9 Å². The van der Waals surface area contributed by atoms with Gasteiger partial charge in [-0.1, -0.05) is 6.07 Å². The zero-order chi connectivity index (χ0) is 23.8. The summed E-state index contributed by atoms with van der Waals surface area (Å²) in [5, 5.41) is 15.3. The highest BCUT2D eigenvalue weighted by atomic mass is 32.1. The Kier molecular flexibility index (Phi) is 5.82. The lowest BCUT2D eigenvalue weighted by atomic mass is 9.91. The number of rotatable bonds is 3. The van der Waals surface area contributed by atoms with Gasteiger partial charge in [-0.05, 0) is 56.0 Å². The molecule has 3 heterocycles. The van der Waals surface area contributed by atoms with Crippen LogP contribution in [0.15, 0.2) is 40.9 Å². The molecule has 9 nitrogen and oxygen atoms in total. The molecule has 3 N–H and O–H groups in total. The molecular weight excluding hydrogens is 454 g/mol. The Morgan fingerprint density at radius 1 is 1.29 bits per heavy atom. The molecule has 176 valence electrons. The molecule has 1 fully saturated rings. The van der Waals surface area contributed by atoms with Gasteiger partial charge >= 0.3 is 0 Å². The number of anilines is 2. The van der Waals surface area contributed by atoms with E-state index in [4.69, 9.17) is 14.6 Å². The zero-order valence-corrected chi connectivity index (χ0v) is 19.7. The molecule has 0 bridgehead atoms. The van der Waals surface area contributed by atoms with Crippen molar-refractivity contribution >= 4 is 50.6 Å². The zero-order valence-electron chi connectivity index (χ0n) is 18.9. The Hall–Kier alpha value is -3.66. The van der Waals surface area contributed by atoms with Crippen molar-refractivity contribution in [3.05, 3.63) is 35.8 Å². The summed E-state index contributed by atoms with van der Waals surface area (Å²) < 4.78 is 7.22. The molecule has 1 atom stereocenters. The van der Waals surface area contributed by atoms with E-state index in [2.05, 4.69) is 51.2 Å². The summed E-state index contributed by atoms with van der Waals surface area (Å²) >= 11 is 1.65. The lowest BCUT2D eigenvalue weighted by Crippen LogP contribution is -2.55. The molecule has 1 amide bonds. The van der Waals surface area contributed by atoms with Crippen LogP contribution in [0.25, 0.3) is 21.3 Å². The van der Waals surface area contributed by atoms with Crippen LogP contribution in [0.3, 0.4) is 0 Å². The molecule has 1 aromatic heterocycles. The van der Waals surface area contributed by atoms with E-state index in [0.717, 1.165) is 46.5 Å². The molecule has 34 heavy (non-hydrogen) atoms. The molecule has 1 aliphatic carbocycles. The van der Waals surface area contributed by atoms with Crippen LogP contribution >= 0.6 is 11.3 Å². The normalized spacial score (nSPS) is 18.9. The third-order valence-corrected chi connectivity index (χ3v) is 6.97. The number of carbonyl (C=O) groups is 2. The fourth-order valence-corrected chi connectivity index (χ4v) is 4.89. The molecular formula is C24H25N5O4S. The van der Waals surface area contributed by atoms with Crippen LogP contribution in [-0.4, -0.2) is 46.5 Å². The quantitative estimate of drug-likeness (QED) is 0.519. The van der Waals surface area contributed by atoms with Crippen LogP contribution in [0.1, 0.15) is 33.1 Å². The van der Waals surface area contributed by atoms with E-state index in [0.29, 0.717) is 12.6 Å². The number of carbonyl (C=O) groups excluding carboxylic acids is 1. The van der Waals surface area contributed by atoms with Crippen molar-refractivity contribution in [1.82, 2.24) is 10.4 Å². The van der Waals surface area contributed by atoms with Crippen molar-refractivity contribution in [3.63, 3.8) is 0 Å². The second kappa shape index (κ2) is 8.94. The van der Waals surface area contributed by atoms with Crippen LogP contribution in [0.4, 0.5) is 11.4 Å². The molecule has 0 spiro atoms. The first-order valence-corrected chi connectivity index (χ1v) is 12.0. The SMILES string of the molecule is CC(=O)O.CC1C(=O)NN=C2COc3cc(-c4ccc5scnc5c4)c(NC4CCC4)cc3N21. The predicted molar refractivity (Wildman–Crippen MR) is 133 cm³/mol. The molecule has 2 aromatic carbocycles. The number of hydrogen-bond acceptors (Lipinski definition) is 8.